The van der Waals surface area contributed by atoms with Crippen LogP contribution in [0.4, 0.5) is 16.2 Å². The highest BCUT2D eigenvalue weighted by atomic mass is 32.2. The van der Waals surface area contributed by atoms with E-state index in [2.05, 4.69) is 16.7 Å². The van der Waals surface area contributed by atoms with E-state index in [-0.39, 0.29) is 6.03 Å². The number of nitriles is 1. The van der Waals surface area contributed by atoms with Gasteiger partial charge >= 0.3 is 6.03 Å². The second kappa shape index (κ2) is 8.68. The Kier molecular flexibility index (Phi) is 5.64. The normalized spacial score (nSPS) is 10.4. The molecule has 0 unspecified atom stereocenters. The number of pyridine rings is 1. The molecular weight excluding hydrogens is 392 g/mol. The molecule has 6 heteroatoms. The summed E-state index contributed by atoms with van der Waals surface area (Å²) in [6.45, 7) is 1.93. The number of urea groups is 1. The first-order chi connectivity index (χ1) is 14.7. The van der Waals surface area contributed by atoms with Crippen molar-refractivity contribution in [2.24, 2.45) is 0 Å². The predicted octanol–water partition coefficient (Wildman–Crippen LogP) is 6.21. The molecule has 0 atom stereocenters. The number of carbonyl (C=O) groups is 1. The Morgan fingerprint density at radius 1 is 0.933 bits per heavy atom. The van der Waals surface area contributed by atoms with Crippen molar-refractivity contribution in [3.05, 3.63) is 90.0 Å². The molecule has 0 saturated carbocycles. The zero-order chi connectivity index (χ0) is 20.9. The van der Waals surface area contributed by atoms with Crippen LogP contribution in [-0.4, -0.2) is 11.0 Å². The quantitative estimate of drug-likeness (QED) is 0.419. The molecule has 2 N–H and O–H groups in total. The van der Waals surface area contributed by atoms with Gasteiger partial charge in [0.15, 0.2) is 0 Å². The number of anilines is 2. The van der Waals surface area contributed by atoms with Crippen molar-refractivity contribution in [3.63, 3.8) is 0 Å². The highest BCUT2D eigenvalue weighted by molar-refractivity contribution is 7.99. The molecule has 1 heterocycles. The molecular formula is C24H18N4OS. The first-order valence-electron chi connectivity index (χ1n) is 9.35. The predicted molar refractivity (Wildman–Crippen MR) is 121 cm³/mol. The molecule has 0 aliphatic carbocycles. The van der Waals surface area contributed by atoms with Gasteiger partial charge in [0.25, 0.3) is 0 Å². The van der Waals surface area contributed by atoms with Gasteiger partial charge in [-0.05, 0) is 42.8 Å². The summed E-state index contributed by atoms with van der Waals surface area (Å²) in [6.07, 6.45) is 0. The fourth-order valence-electron chi connectivity index (χ4n) is 3.12. The molecule has 4 aromatic rings. The fraction of sp³-hybridized carbons (Fsp3) is 0.0417. The van der Waals surface area contributed by atoms with Crippen LogP contribution < -0.4 is 10.6 Å². The molecule has 3 aromatic carbocycles. The minimum Gasteiger partial charge on any atom is -0.308 e. The van der Waals surface area contributed by atoms with Crippen molar-refractivity contribution in [3.8, 4) is 6.07 Å². The summed E-state index contributed by atoms with van der Waals surface area (Å²) in [7, 11) is 0. The van der Waals surface area contributed by atoms with Crippen molar-refractivity contribution in [1.29, 1.82) is 5.26 Å². The molecule has 146 valence electrons. The van der Waals surface area contributed by atoms with E-state index in [4.69, 9.17) is 4.98 Å². The molecule has 30 heavy (non-hydrogen) atoms. The van der Waals surface area contributed by atoms with E-state index >= 15 is 0 Å². The molecule has 1 aromatic heterocycles. The molecule has 0 spiro atoms. The van der Waals surface area contributed by atoms with Gasteiger partial charge in [0.2, 0.25) is 0 Å². The topological polar surface area (TPSA) is 77.8 Å². The van der Waals surface area contributed by atoms with E-state index in [1.54, 1.807) is 0 Å². The standard InChI is InChI=1S/C24H18N4OS/c1-16-18-11-5-6-12-20(18)27-23(19(16)15-25)30-22-14-8-7-13-21(22)28-24(29)26-17-9-3-2-4-10-17/h2-14H,1H3,(H2,26,28,29). The average Bonchev–Trinajstić information content (AvgIpc) is 2.76. The number of nitrogens with zero attached hydrogens (tertiary/aromatic N) is 2. The van der Waals surface area contributed by atoms with Gasteiger partial charge in [0.05, 0.1) is 16.8 Å². The Hall–Kier alpha value is -3.82. The lowest BCUT2D eigenvalue weighted by molar-refractivity contribution is 0.262. The van der Waals surface area contributed by atoms with Crippen LogP contribution in [0.15, 0.2) is 88.8 Å². The van der Waals surface area contributed by atoms with Crippen LogP contribution in [0.3, 0.4) is 0 Å². The lowest BCUT2D eigenvalue weighted by atomic mass is 10.1. The van der Waals surface area contributed by atoms with Crippen LogP contribution in [-0.2, 0) is 0 Å². The van der Waals surface area contributed by atoms with E-state index in [1.165, 1.54) is 11.8 Å². The number of amides is 2. The van der Waals surface area contributed by atoms with Gasteiger partial charge < -0.3 is 10.6 Å². The van der Waals surface area contributed by atoms with Crippen LogP contribution in [0.25, 0.3) is 10.9 Å². The summed E-state index contributed by atoms with van der Waals surface area (Å²) in [4.78, 5) is 17.9. The summed E-state index contributed by atoms with van der Waals surface area (Å²) in [5.41, 5.74) is 3.63. The number of aromatic nitrogens is 1. The van der Waals surface area contributed by atoms with Crippen LogP contribution in [0.2, 0.25) is 0 Å². The molecule has 0 bridgehead atoms. The highest BCUT2D eigenvalue weighted by Crippen LogP contribution is 2.36. The van der Waals surface area contributed by atoms with Crippen LogP contribution in [0, 0.1) is 18.3 Å². The molecule has 0 fully saturated rings. The van der Waals surface area contributed by atoms with Gasteiger partial charge in [0.1, 0.15) is 11.1 Å². The maximum atomic E-state index is 12.4. The number of nitrogens with one attached hydrogen (secondary N) is 2. The second-order valence-electron chi connectivity index (χ2n) is 6.59. The third kappa shape index (κ3) is 4.12. The largest absolute Gasteiger partial charge is 0.323 e. The van der Waals surface area contributed by atoms with E-state index in [0.717, 1.165) is 21.4 Å². The Labute approximate surface area is 178 Å². The summed E-state index contributed by atoms with van der Waals surface area (Å²) in [5, 5.41) is 17.0. The van der Waals surface area contributed by atoms with Gasteiger partial charge in [-0.1, -0.05) is 60.3 Å². The first-order valence-corrected chi connectivity index (χ1v) is 10.2. The van der Waals surface area contributed by atoms with Crippen molar-refractivity contribution < 1.29 is 4.79 Å². The van der Waals surface area contributed by atoms with Crippen LogP contribution in [0.5, 0.6) is 0 Å². The molecule has 2 amide bonds. The maximum absolute atomic E-state index is 12.4. The van der Waals surface area contributed by atoms with E-state index < -0.39 is 0 Å². The second-order valence-corrected chi connectivity index (χ2v) is 7.62. The number of rotatable bonds is 4. The van der Waals surface area contributed by atoms with E-state index in [9.17, 15) is 10.1 Å². The molecule has 0 aliphatic heterocycles. The minimum atomic E-state index is -0.336. The van der Waals surface area contributed by atoms with Crippen LogP contribution in [0.1, 0.15) is 11.1 Å². The first kappa shape index (κ1) is 19.5. The minimum absolute atomic E-state index is 0.336. The SMILES string of the molecule is Cc1c(C#N)c(Sc2ccccc2NC(=O)Nc2ccccc2)nc2ccccc12. The number of para-hydroxylation sites is 3. The van der Waals surface area contributed by atoms with E-state index in [1.807, 2.05) is 85.8 Å². The molecule has 4 rings (SSSR count). The zero-order valence-electron chi connectivity index (χ0n) is 16.2. The number of hydrogen-bond acceptors (Lipinski definition) is 4. The molecule has 0 radical (unpaired) electrons. The smallest absolute Gasteiger partial charge is 0.308 e. The lowest BCUT2D eigenvalue weighted by Gasteiger charge is -2.13. The number of hydrogen-bond donors (Lipinski definition) is 2. The molecule has 0 saturated heterocycles. The Balaban J connectivity index is 1.64. The summed E-state index contributed by atoms with van der Waals surface area (Å²) in [5.74, 6) is 0. The average molecular weight is 411 g/mol. The van der Waals surface area contributed by atoms with Crippen molar-refractivity contribution in [1.82, 2.24) is 4.98 Å². The summed E-state index contributed by atoms with van der Waals surface area (Å²) >= 11 is 1.37. The third-order valence-corrected chi connectivity index (χ3v) is 5.67. The number of carbonyl (C=O) groups excluding carboxylic acids is 1. The van der Waals surface area contributed by atoms with Gasteiger partial charge in [0, 0.05) is 16.0 Å². The number of aryl methyl sites for hydroxylation is 1. The Morgan fingerprint density at radius 2 is 1.63 bits per heavy atom. The van der Waals surface area contributed by atoms with Crippen molar-refractivity contribution in [2.75, 3.05) is 10.6 Å². The lowest BCUT2D eigenvalue weighted by Crippen LogP contribution is -2.19. The summed E-state index contributed by atoms with van der Waals surface area (Å²) in [6, 6.07) is 26.4. The van der Waals surface area contributed by atoms with E-state index in [0.29, 0.717) is 22.0 Å². The Morgan fingerprint density at radius 3 is 2.43 bits per heavy atom. The molecule has 0 aliphatic rings. The summed E-state index contributed by atoms with van der Waals surface area (Å²) < 4.78 is 0. The fourth-order valence-corrected chi connectivity index (χ4v) is 4.15. The van der Waals surface area contributed by atoms with Crippen molar-refractivity contribution in [2.45, 2.75) is 16.8 Å². The number of fused-ring (bicyclic) bond motifs is 1. The van der Waals surface area contributed by atoms with Gasteiger partial charge in [-0.25, -0.2) is 9.78 Å². The number of benzene rings is 3. The monoisotopic (exact) mass is 410 g/mol. The van der Waals surface area contributed by atoms with Gasteiger partial charge in [-0.2, -0.15) is 5.26 Å². The van der Waals surface area contributed by atoms with Crippen molar-refractivity contribution >= 4 is 40.1 Å². The molecule has 5 nitrogen and oxygen atoms in total. The third-order valence-electron chi connectivity index (χ3n) is 4.60. The maximum Gasteiger partial charge on any atom is 0.323 e. The van der Waals surface area contributed by atoms with Gasteiger partial charge in [-0.3, -0.25) is 0 Å². The Bertz CT molecular complexity index is 1270. The zero-order valence-corrected chi connectivity index (χ0v) is 17.0. The highest BCUT2D eigenvalue weighted by Gasteiger charge is 2.15. The van der Waals surface area contributed by atoms with Gasteiger partial charge in [-0.15, -0.1) is 0 Å². The van der Waals surface area contributed by atoms with Crippen LogP contribution >= 0.6 is 11.8 Å².